The molecule has 0 aromatic carbocycles. The highest BCUT2D eigenvalue weighted by molar-refractivity contribution is 7.18. The number of fused-ring (bicyclic) bond motifs is 1. The highest BCUT2D eigenvalue weighted by atomic mass is 32.1. The Bertz CT molecular complexity index is 928. The summed E-state index contributed by atoms with van der Waals surface area (Å²) in [5, 5.41) is 28.1. The topological polar surface area (TPSA) is 112 Å². The Morgan fingerprint density at radius 1 is 1.34 bits per heavy atom. The number of aromatic nitrogens is 2. The van der Waals surface area contributed by atoms with Crippen LogP contribution in [0.5, 0.6) is 0 Å². The van der Waals surface area contributed by atoms with Crippen LogP contribution in [0.2, 0.25) is 0 Å². The zero-order chi connectivity index (χ0) is 21.3. The van der Waals surface area contributed by atoms with Crippen LogP contribution in [0.4, 0.5) is 24.9 Å². The van der Waals surface area contributed by atoms with Crippen LogP contribution >= 0.6 is 11.3 Å². The molecule has 0 atom stereocenters. The standard InChI is InChI=1S/C17H22F3N7OS/c1-9(2)11-7-10-13(24-16(23-3-6-28)25-14(10)29-11)26-4-5-27(12(21)8-26)15(22)17(18,19)20/h7,9,21-22,28H,3-6,8H2,1-2H3,(H,23,24,25). The SMILES string of the molecule is CC(C)c1cc2c(N3CCN(C(=N)C(F)(F)F)C(=N)C3)nc(NCCO)nc2s1. The molecule has 0 radical (unpaired) electrons. The van der Waals surface area contributed by atoms with Gasteiger partial charge in [0.15, 0.2) is 0 Å². The van der Waals surface area contributed by atoms with Crippen LogP contribution in [-0.4, -0.2) is 70.6 Å². The maximum Gasteiger partial charge on any atom is 0.449 e. The first-order chi connectivity index (χ1) is 13.6. The van der Waals surface area contributed by atoms with Crippen LogP contribution in [0.1, 0.15) is 24.6 Å². The first-order valence-electron chi connectivity index (χ1n) is 9.03. The van der Waals surface area contributed by atoms with E-state index < -0.39 is 12.0 Å². The Morgan fingerprint density at radius 3 is 2.66 bits per heavy atom. The molecule has 3 rings (SSSR count). The lowest BCUT2D eigenvalue weighted by atomic mass is 10.1. The van der Waals surface area contributed by atoms with Gasteiger partial charge in [0, 0.05) is 24.5 Å². The average Bonchev–Trinajstić information content (AvgIpc) is 3.08. The van der Waals surface area contributed by atoms with Gasteiger partial charge in [0.25, 0.3) is 0 Å². The second-order valence-electron chi connectivity index (χ2n) is 6.91. The van der Waals surface area contributed by atoms with Crippen molar-refractivity contribution in [1.82, 2.24) is 14.9 Å². The first kappa shape index (κ1) is 21.2. The van der Waals surface area contributed by atoms with Crippen LogP contribution in [0.25, 0.3) is 10.2 Å². The van der Waals surface area contributed by atoms with Crippen LogP contribution in [0, 0.1) is 10.8 Å². The molecule has 158 valence electrons. The third-order valence-corrected chi connectivity index (χ3v) is 5.78. The van der Waals surface area contributed by atoms with Gasteiger partial charge in [0.2, 0.25) is 11.8 Å². The molecule has 0 bridgehead atoms. The molecule has 0 spiro atoms. The smallest absolute Gasteiger partial charge is 0.395 e. The summed E-state index contributed by atoms with van der Waals surface area (Å²) in [6.07, 6.45) is -4.79. The lowest BCUT2D eigenvalue weighted by molar-refractivity contribution is -0.0671. The van der Waals surface area contributed by atoms with Gasteiger partial charge in [-0.25, -0.2) is 4.98 Å². The molecular weight excluding hydrogens is 407 g/mol. The van der Waals surface area contributed by atoms with Crippen molar-refractivity contribution in [2.75, 3.05) is 43.0 Å². The number of nitrogens with one attached hydrogen (secondary N) is 3. The molecule has 0 amide bonds. The Morgan fingerprint density at radius 2 is 2.07 bits per heavy atom. The molecule has 4 N–H and O–H groups in total. The quantitative estimate of drug-likeness (QED) is 0.430. The summed E-state index contributed by atoms with van der Waals surface area (Å²) < 4.78 is 38.6. The molecule has 0 aliphatic carbocycles. The molecular formula is C17H22F3N7OS. The zero-order valence-electron chi connectivity index (χ0n) is 16.0. The van der Waals surface area contributed by atoms with E-state index in [1.54, 1.807) is 4.90 Å². The number of rotatable bonds is 5. The van der Waals surface area contributed by atoms with Gasteiger partial charge in [0.1, 0.15) is 16.5 Å². The number of nitrogens with zero attached hydrogens (tertiary/aromatic N) is 4. The van der Waals surface area contributed by atoms with E-state index >= 15 is 0 Å². The minimum Gasteiger partial charge on any atom is -0.395 e. The van der Waals surface area contributed by atoms with E-state index in [9.17, 15) is 13.2 Å². The number of aliphatic hydroxyl groups is 1. The van der Waals surface area contributed by atoms with E-state index in [4.69, 9.17) is 15.9 Å². The first-order valence-corrected chi connectivity index (χ1v) is 9.85. The Kier molecular flexibility index (Phi) is 5.94. The van der Waals surface area contributed by atoms with Crippen LogP contribution in [0.3, 0.4) is 0 Å². The molecule has 29 heavy (non-hydrogen) atoms. The van der Waals surface area contributed by atoms with Crippen molar-refractivity contribution in [2.24, 2.45) is 0 Å². The summed E-state index contributed by atoms with van der Waals surface area (Å²) in [6, 6.07) is 1.98. The van der Waals surface area contributed by atoms with Crippen LogP contribution in [-0.2, 0) is 0 Å². The number of amidine groups is 2. The van der Waals surface area contributed by atoms with Crippen molar-refractivity contribution in [2.45, 2.75) is 25.9 Å². The molecule has 12 heteroatoms. The number of thiophene rings is 1. The molecule has 0 saturated carbocycles. The number of anilines is 2. The molecule has 0 unspecified atom stereocenters. The number of piperazine rings is 1. The molecule has 8 nitrogen and oxygen atoms in total. The van der Waals surface area contributed by atoms with Crippen molar-refractivity contribution in [3.8, 4) is 0 Å². The molecule has 2 aromatic rings. The Balaban J connectivity index is 1.94. The summed E-state index contributed by atoms with van der Waals surface area (Å²) >= 11 is 1.51. The van der Waals surface area contributed by atoms with Gasteiger partial charge in [-0.1, -0.05) is 13.8 Å². The predicted octanol–water partition coefficient (Wildman–Crippen LogP) is 2.86. The molecule has 1 fully saturated rings. The minimum absolute atomic E-state index is 0.0959. The predicted molar refractivity (Wildman–Crippen MR) is 108 cm³/mol. The van der Waals surface area contributed by atoms with E-state index in [0.29, 0.717) is 16.7 Å². The molecule has 2 aromatic heterocycles. The molecule has 1 aliphatic heterocycles. The van der Waals surface area contributed by atoms with Gasteiger partial charge in [-0.3, -0.25) is 10.8 Å². The fourth-order valence-corrected chi connectivity index (χ4v) is 4.01. The minimum atomic E-state index is -4.79. The van der Waals surface area contributed by atoms with Gasteiger partial charge < -0.3 is 20.2 Å². The third kappa shape index (κ3) is 4.42. The summed E-state index contributed by atoms with van der Waals surface area (Å²) in [5.41, 5.74) is 0. The second kappa shape index (κ2) is 8.11. The maximum atomic E-state index is 12.9. The summed E-state index contributed by atoms with van der Waals surface area (Å²) in [6.45, 7) is 4.22. The third-order valence-electron chi connectivity index (χ3n) is 4.45. The van der Waals surface area contributed by atoms with Gasteiger partial charge >= 0.3 is 6.18 Å². The van der Waals surface area contributed by atoms with Gasteiger partial charge in [-0.2, -0.15) is 18.2 Å². The fourth-order valence-electron chi connectivity index (χ4n) is 2.98. The highest BCUT2D eigenvalue weighted by Gasteiger charge is 2.41. The van der Waals surface area contributed by atoms with Crippen molar-refractivity contribution in [3.05, 3.63) is 10.9 Å². The lowest BCUT2D eigenvalue weighted by Crippen LogP contribution is -2.55. The van der Waals surface area contributed by atoms with Gasteiger partial charge in [-0.15, -0.1) is 11.3 Å². The normalized spacial score (nSPS) is 15.5. The van der Waals surface area contributed by atoms with Gasteiger partial charge in [0.05, 0.1) is 18.5 Å². The number of hydrogen-bond acceptors (Lipinski definition) is 8. The van der Waals surface area contributed by atoms with Crippen molar-refractivity contribution in [3.63, 3.8) is 0 Å². The number of alkyl halides is 3. The zero-order valence-corrected chi connectivity index (χ0v) is 16.8. The van der Waals surface area contributed by atoms with Crippen LogP contribution < -0.4 is 10.2 Å². The summed E-state index contributed by atoms with van der Waals surface area (Å²) in [4.78, 5) is 13.2. The molecule has 1 aliphatic rings. The summed E-state index contributed by atoms with van der Waals surface area (Å²) in [7, 11) is 0. The van der Waals surface area contributed by atoms with Crippen molar-refractivity contribution >= 4 is 45.0 Å². The van der Waals surface area contributed by atoms with E-state index in [0.717, 1.165) is 15.1 Å². The van der Waals surface area contributed by atoms with Crippen molar-refractivity contribution in [1.29, 1.82) is 10.8 Å². The van der Waals surface area contributed by atoms with E-state index in [1.165, 1.54) is 11.3 Å². The van der Waals surface area contributed by atoms with E-state index in [2.05, 4.69) is 29.1 Å². The Labute approximate surface area is 169 Å². The largest absolute Gasteiger partial charge is 0.449 e. The van der Waals surface area contributed by atoms with E-state index in [-0.39, 0.29) is 44.5 Å². The number of hydrogen-bond donors (Lipinski definition) is 4. The maximum absolute atomic E-state index is 12.9. The highest BCUT2D eigenvalue weighted by Crippen LogP contribution is 2.36. The Hall–Kier alpha value is -2.47. The molecule has 3 heterocycles. The average molecular weight is 429 g/mol. The lowest BCUT2D eigenvalue weighted by Gasteiger charge is -2.37. The fraction of sp³-hybridized carbons (Fsp3) is 0.529. The second-order valence-corrected chi connectivity index (χ2v) is 7.97. The van der Waals surface area contributed by atoms with Crippen molar-refractivity contribution < 1.29 is 18.3 Å². The van der Waals surface area contributed by atoms with Gasteiger partial charge in [-0.05, 0) is 12.0 Å². The van der Waals surface area contributed by atoms with Crippen LogP contribution in [0.15, 0.2) is 6.07 Å². The summed E-state index contributed by atoms with van der Waals surface area (Å²) in [5.74, 6) is -0.719. The monoisotopic (exact) mass is 429 g/mol. The number of aliphatic hydroxyl groups excluding tert-OH is 1. The molecule has 1 saturated heterocycles. The van der Waals surface area contributed by atoms with E-state index in [1.807, 2.05) is 6.07 Å². The number of halogens is 3.